The molecule has 4 rings (SSSR count). The molecule has 0 aromatic heterocycles. The van der Waals surface area contributed by atoms with E-state index in [2.05, 4.69) is 96.5 Å². The molecule has 1 aliphatic rings. The van der Waals surface area contributed by atoms with E-state index in [-0.39, 0.29) is 5.41 Å². The third kappa shape index (κ3) is 6.34. The van der Waals surface area contributed by atoms with Gasteiger partial charge in [-0.3, -0.25) is 0 Å². The van der Waals surface area contributed by atoms with Crippen LogP contribution in [-0.4, -0.2) is 0 Å². The van der Waals surface area contributed by atoms with Gasteiger partial charge >= 0.3 is 0 Å². The van der Waals surface area contributed by atoms with Gasteiger partial charge in [-0.05, 0) is 64.4 Å². The van der Waals surface area contributed by atoms with Crippen LogP contribution in [-0.2, 0) is 5.41 Å². The van der Waals surface area contributed by atoms with Crippen LogP contribution in [0, 0.1) is 0 Å². The fourth-order valence-corrected chi connectivity index (χ4v) is 6.72. The Hall–Kier alpha value is -1.86. The highest BCUT2D eigenvalue weighted by molar-refractivity contribution is 9.10. The summed E-state index contributed by atoms with van der Waals surface area (Å²) in [5.74, 6) is 0. The van der Waals surface area contributed by atoms with Crippen molar-refractivity contribution in [2.45, 2.75) is 109 Å². The molecule has 0 nitrogen and oxygen atoms in total. The summed E-state index contributed by atoms with van der Waals surface area (Å²) in [6, 6.07) is 25.3. The minimum atomic E-state index is 0.134. The van der Waals surface area contributed by atoms with E-state index in [9.17, 15) is 0 Å². The van der Waals surface area contributed by atoms with E-state index in [0.29, 0.717) is 0 Å². The fraction of sp³-hybridized carbons (Fsp3) is 0.486. The molecular weight excluding hydrogens is 500 g/mol. The SMILES string of the molecule is CCCCCCCCC1(CCCCCCCC)c2cc(Br)ccc2-c2ccc(-c3ccccc3)cc21. The molecule has 0 fully saturated rings. The van der Waals surface area contributed by atoms with Gasteiger partial charge in [-0.15, -0.1) is 0 Å². The van der Waals surface area contributed by atoms with E-state index >= 15 is 0 Å². The normalized spacial score (nSPS) is 13.5. The van der Waals surface area contributed by atoms with E-state index in [1.807, 2.05) is 0 Å². The summed E-state index contributed by atoms with van der Waals surface area (Å²) in [4.78, 5) is 0. The van der Waals surface area contributed by atoms with Crippen LogP contribution >= 0.6 is 15.9 Å². The minimum Gasteiger partial charge on any atom is -0.0654 e. The molecule has 0 saturated heterocycles. The van der Waals surface area contributed by atoms with Crippen molar-refractivity contribution < 1.29 is 0 Å². The van der Waals surface area contributed by atoms with Crippen LogP contribution in [0.5, 0.6) is 0 Å². The third-order valence-corrected chi connectivity index (χ3v) is 8.84. The zero-order valence-electron chi connectivity index (χ0n) is 22.6. The predicted molar refractivity (Wildman–Crippen MR) is 162 cm³/mol. The first kappa shape index (κ1) is 27.2. The second-order valence-electron chi connectivity index (χ2n) is 10.9. The van der Waals surface area contributed by atoms with Crippen LogP contribution < -0.4 is 0 Å². The third-order valence-electron chi connectivity index (χ3n) is 8.34. The highest BCUT2D eigenvalue weighted by Gasteiger charge is 2.42. The summed E-state index contributed by atoms with van der Waals surface area (Å²) in [6.07, 6.45) is 18.8. The highest BCUT2D eigenvalue weighted by Crippen LogP contribution is 2.55. The van der Waals surface area contributed by atoms with Gasteiger partial charge in [0.25, 0.3) is 0 Å². The van der Waals surface area contributed by atoms with Gasteiger partial charge in [0.1, 0.15) is 0 Å². The van der Waals surface area contributed by atoms with Crippen molar-refractivity contribution in [3.8, 4) is 22.3 Å². The van der Waals surface area contributed by atoms with Gasteiger partial charge in [0.15, 0.2) is 0 Å². The quantitative estimate of drug-likeness (QED) is 0.167. The highest BCUT2D eigenvalue weighted by atomic mass is 79.9. The molecule has 0 N–H and O–H groups in total. The Morgan fingerprint density at radius 3 is 1.67 bits per heavy atom. The lowest BCUT2D eigenvalue weighted by Crippen LogP contribution is -2.25. The summed E-state index contributed by atoms with van der Waals surface area (Å²) < 4.78 is 1.22. The van der Waals surface area contributed by atoms with Gasteiger partial charge in [-0.1, -0.05) is 155 Å². The Morgan fingerprint density at radius 2 is 1.06 bits per heavy atom. The molecule has 3 aromatic rings. The smallest absolute Gasteiger partial charge is 0.0215 e. The lowest BCUT2D eigenvalue weighted by molar-refractivity contribution is 0.398. The van der Waals surface area contributed by atoms with Crippen molar-refractivity contribution in [2.75, 3.05) is 0 Å². The Bertz CT molecular complexity index is 1070. The standard InChI is InChI=1S/C35H45Br/c1-3-5-7-9-11-16-24-35(25-17-12-10-8-6-4-2)33-26-29(28-18-14-13-15-19-28)20-22-31(33)32-23-21-30(36)27-34(32)35/h13-15,18-23,26-27H,3-12,16-17,24-25H2,1-2H3. The zero-order chi connectivity index (χ0) is 25.2. The molecular formula is C35H45Br. The van der Waals surface area contributed by atoms with Crippen molar-refractivity contribution in [1.29, 1.82) is 0 Å². The van der Waals surface area contributed by atoms with Gasteiger partial charge in [0, 0.05) is 9.89 Å². The van der Waals surface area contributed by atoms with Crippen LogP contribution in [0.1, 0.15) is 115 Å². The molecule has 0 saturated carbocycles. The molecule has 0 radical (unpaired) electrons. The Labute approximate surface area is 229 Å². The van der Waals surface area contributed by atoms with Crippen LogP contribution in [0.4, 0.5) is 0 Å². The molecule has 0 amide bonds. The molecule has 0 unspecified atom stereocenters. The molecule has 1 heteroatoms. The van der Waals surface area contributed by atoms with Gasteiger partial charge in [-0.2, -0.15) is 0 Å². The first-order valence-corrected chi connectivity index (χ1v) is 15.5. The van der Waals surface area contributed by atoms with Gasteiger partial charge in [0.05, 0.1) is 0 Å². The monoisotopic (exact) mass is 544 g/mol. The lowest BCUT2D eigenvalue weighted by atomic mass is 9.70. The molecule has 3 aromatic carbocycles. The first-order valence-electron chi connectivity index (χ1n) is 14.7. The number of hydrogen-bond acceptors (Lipinski definition) is 0. The Morgan fingerprint density at radius 1 is 0.528 bits per heavy atom. The zero-order valence-corrected chi connectivity index (χ0v) is 24.2. The number of unbranched alkanes of at least 4 members (excludes halogenated alkanes) is 10. The molecule has 36 heavy (non-hydrogen) atoms. The fourth-order valence-electron chi connectivity index (χ4n) is 6.36. The first-order chi connectivity index (χ1) is 17.7. The van der Waals surface area contributed by atoms with Crippen molar-refractivity contribution in [2.24, 2.45) is 0 Å². The lowest BCUT2D eigenvalue weighted by Gasteiger charge is -2.33. The summed E-state index contributed by atoms with van der Waals surface area (Å²) >= 11 is 3.83. The van der Waals surface area contributed by atoms with E-state index in [0.717, 1.165) is 0 Å². The molecule has 0 atom stereocenters. The number of fused-ring (bicyclic) bond motifs is 3. The van der Waals surface area contributed by atoms with Crippen molar-refractivity contribution in [3.63, 3.8) is 0 Å². The molecule has 192 valence electrons. The largest absolute Gasteiger partial charge is 0.0654 e. The van der Waals surface area contributed by atoms with E-state index in [1.54, 1.807) is 11.1 Å². The number of halogens is 1. The van der Waals surface area contributed by atoms with E-state index in [4.69, 9.17) is 0 Å². The van der Waals surface area contributed by atoms with Crippen molar-refractivity contribution in [3.05, 3.63) is 82.3 Å². The molecule has 0 spiro atoms. The number of benzene rings is 3. The summed E-state index contributed by atoms with van der Waals surface area (Å²) in [6.45, 7) is 4.62. The average Bonchev–Trinajstić information content (AvgIpc) is 3.17. The minimum absolute atomic E-state index is 0.134. The van der Waals surface area contributed by atoms with Crippen LogP contribution in [0.25, 0.3) is 22.3 Å². The molecule has 1 aliphatic carbocycles. The van der Waals surface area contributed by atoms with Crippen LogP contribution in [0.15, 0.2) is 71.2 Å². The van der Waals surface area contributed by atoms with Crippen LogP contribution in [0.2, 0.25) is 0 Å². The Balaban J connectivity index is 1.68. The Kier molecular flexibility index (Phi) is 10.3. The summed E-state index contributed by atoms with van der Waals surface area (Å²) in [7, 11) is 0. The maximum atomic E-state index is 3.83. The van der Waals surface area contributed by atoms with E-state index in [1.165, 1.54) is 117 Å². The summed E-state index contributed by atoms with van der Waals surface area (Å²) in [5.41, 5.74) is 8.90. The van der Waals surface area contributed by atoms with Gasteiger partial charge in [0.2, 0.25) is 0 Å². The molecule has 0 aliphatic heterocycles. The maximum Gasteiger partial charge on any atom is 0.0215 e. The van der Waals surface area contributed by atoms with Crippen LogP contribution in [0.3, 0.4) is 0 Å². The molecule has 0 bridgehead atoms. The topological polar surface area (TPSA) is 0 Å². The maximum absolute atomic E-state index is 3.83. The van der Waals surface area contributed by atoms with E-state index < -0.39 is 0 Å². The van der Waals surface area contributed by atoms with Gasteiger partial charge < -0.3 is 0 Å². The molecule has 0 heterocycles. The predicted octanol–water partition coefficient (Wildman–Crippen LogP) is 11.9. The average molecular weight is 546 g/mol. The van der Waals surface area contributed by atoms with Crippen molar-refractivity contribution in [1.82, 2.24) is 0 Å². The summed E-state index contributed by atoms with van der Waals surface area (Å²) in [5, 5.41) is 0. The van der Waals surface area contributed by atoms with Crippen molar-refractivity contribution >= 4 is 15.9 Å². The second-order valence-corrected chi connectivity index (χ2v) is 11.8. The number of hydrogen-bond donors (Lipinski definition) is 0. The second kappa shape index (κ2) is 13.6. The number of rotatable bonds is 15. The van der Waals surface area contributed by atoms with Gasteiger partial charge in [-0.25, -0.2) is 0 Å².